The van der Waals surface area contributed by atoms with Crippen molar-refractivity contribution in [3.05, 3.63) is 82.0 Å². The number of hydrogen-bond donors (Lipinski definition) is 1. The van der Waals surface area contributed by atoms with E-state index in [1.165, 1.54) is 0 Å². The monoisotopic (exact) mass is 400 g/mol. The first-order valence-electron chi connectivity index (χ1n) is 8.32. The van der Waals surface area contributed by atoms with Crippen molar-refractivity contribution < 1.29 is 13.2 Å². The highest BCUT2D eigenvalue weighted by atomic mass is 32.2. The highest BCUT2D eigenvalue weighted by molar-refractivity contribution is 7.92. The zero-order valence-corrected chi connectivity index (χ0v) is 16.7. The van der Waals surface area contributed by atoms with Gasteiger partial charge >= 0.3 is 0 Å². The Kier molecular flexibility index (Phi) is 5.62. The third-order valence-corrected chi connectivity index (χ3v) is 6.29. The minimum absolute atomic E-state index is 0.114. The molecule has 0 spiro atoms. The molecule has 1 N–H and O–H groups in total. The largest absolute Gasteiger partial charge is 0.337 e. The van der Waals surface area contributed by atoms with Gasteiger partial charge in [-0.05, 0) is 54.8 Å². The molecule has 0 saturated carbocycles. The molecule has 0 unspecified atom stereocenters. The second-order valence-electron chi connectivity index (χ2n) is 6.24. The van der Waals surface area contributed by atoms with E-state index in [4.69, 9.17) is 0 Å². The molecule has 0 aliphatic rings. The van der Waals surface area contributed by atoms with Gasteiger partial charge in [-0.15, -0.1) is 11.3 Å². The van der Waals surface area contributed by atoms with Crippen molar-refractivity contribution >= 4 is 33.0 Å². The van der Waals surface area contributed by atoms with Crippen LogP contribution in [0.4, 0.5) is 5.69 Å². The molecule has 0 aliphatic heterocycles. The van der Waals surface area contributed by atoms with Crippen molar-refractivity contribution in [1.29, 1.82) is 0 Å². The summed E-state index contributed by atoms with van der Waals surface area (Å²) in [7, 11) is -1.91. The summed E-state index contributed by atoms with van der Waals surface area (Å²) in [4.78, 5) is 15.5. The molecule has 0 saturated heterocycles. The van der Waals surface area contributed by atoms with E-state index < -0.39 is 10.0 Å². The molecular formula is C20H20N2O3S2. The Labute approximate surface area is 163 Å². The Morgan fingerprint density at radius 2 is 1.70 bits per heavy atom. The molecule has 0 aliphatic carbocycles. The molecule has 2 aromatic carbocycles. The molecule has 1 amide bonds. The molecular weight excluding hydrogens is 380 g/mol. The average molecular weight is 401 g/mol. The van der Waals surface area contributed by atoms with Crippen molar-refractivity contribution in [2.24, 2.45) is 0 Å². The fourth-order valence-electron chi connectivity index (χ4n) is 2.54. The number of thiophene rings is 1. The Morgan fingerprint density at radius 3 is 2.30 bits per heavy atom. The van der Waals surface area contributed by atoms with Crippen molar-refractivity contribution in [3.63, 3.8) is 0 Å². The number of nitrogens with one attached hydrogen (secondary N) is 1. The number of benzene rings is 2. The van der Waals surface area contributed by atoms with E-state index in [1.807, 2.05) is 24.4 Å². The van der Waals surface area contributed by atoms with Crippen molar-refractivity contribution in [1.82, 2.24) is 4.90 Å². The van der Waals surface area contributed by atoms with Crippen molar-refractivity contribution in [3.8, 4) is 0 Å². The number of carbonyl (C=O) groups is 1. The van der Waals surface area contributed by atoms with E-state index in [1.54, 1.807) is 71.8 Å². The van der Waals surface area contributed by atoms with Crippen LogP contribution in [0, 0.1) is 6.92 Å². The number of aryl methyl sites for hydroxylation is 1. The van der Waals surface area contributed by atoms with Crippen LogP contribution < -0.4 is 4.72 Å². The van der Waals surface area contributed by atoms with Gasteiger partial charge in [0.25, 0.3) is 15.9 Å². The van der Waals surface area contributed by atoms with E-state index in [9.17, 15) is 13.2 Å². The molecule has 1 aromatic heterocycles. The van der Waals surface area contributed by atoms with Crippen LogP contribution in [0.5, 0.6) is 0 Å². The highest BCUT2D eigenvalue weighted by Crippen LogP contribution is 2.18. The highest BCUT2D eigenvalue weighted by Gasteiger charge is 2.15. The number of sulfonamides is 1. The lowest BCUT2D eigenvalue weighted by atomic mass is 10.2. The van der Waals surface area contributed by atoms with Crippen LogP contribution in [0.1, 0.15) is 20.8 Å². The number of nitrogens with zero attached hydrogens (tertiary/aromatic N) is 1. The second-order valence-corrected chi connectivity index (χ2v) is 8.95. The van der Waals surface area contributed by atoms with E-state index in [0.29, 0.717) is 17.8 Å². The first-order valence-corrected chi connectivity index (χ1v) is 10.7. The summed E-state index contributed by atoms with van der Waals surface area (Å²) in [6, 6.07) is 17.0. The van der Waals surface area contributed by atoms with E-state index in [0.717, 1.165) is 10.4 Å². The first kappa shape index (κ1) is 19.1. The summed E-state index contributed by atoms with van der Waals surface area (Å²) in [5.74, 6) is -0.114. The lowest BCUT2D eigenvalue weighted by Gasteiger charge is -2.16. The standard InChI is InChI=1S/C20H20N2O3S2/c1-15-5-11-19(12-6-15)27(24,25)21-17-9-7-16(8-10-17)20(23)22(2)14-18-4-3-13-26-18/h3-13,21H,14H2,1-2H3. The topological polar surface area (TPSA) is 66.5 Å². The summed E-state index contributed by atoms with van der Waals surface area (Å²) in [5.41, 5.74) is 1.91. The molecule has 3 rings (SSSR count). The lowest BCUT2D eigenvalue weighted by Crippen LogP contribution is -2.25. The summed E-state index contributed by atoms with van der Waals surface area (Å²) >= 11 is 1.60. The van der Waals surface area contributed by atoms with Gasteiger partial charge in [-0.2, -0.15) is 0 Å². The van der Waals surface area contributed by atoms with Gasteiger partial charge < -0.3 is 4.90 Å². The van der Waals surface area contributed by atoms with Gasteiger partial charge in [-0.3, -0.25) is 9.52 Å². The van der Waals surface area contributed by atoms with Gasteiger partial charge in [0.15, 0.2) is 0 Å². The maximum atomic E-state index is 12.5. The third-order valence-electron chi connectivity index (χ3n) is 4.04. The Bertz CT molecular complexity index is 1010. The zero-order valence-electron chi connectivity index (χ0n) is 15.0. The van der Waals surface area contributed by atoms with Crippen molar-refractivity contribution in [2.45, 2.75) is 18.4 Å². The van der Waals surface area contributed by atoms with E-state index >= 15 is 0 Å². The Balaban J connectivity index is 1.69. The molecule has 0 bridgehead atoms. The maximum absolute atomic E-state index is 12.5. The molecule has 7 heteroatoms. The van der Waals surface area contributed by atoms with Crippen LogP contribution in [0.3, 0.4) is 0 Å². The number of anilines is 1. The molecule has 3 aromatic rings. The second kappa shape index (κ2) is 7.94. The fraction of sp³-hybridized carbons (Fsp3) is 0.150. The van der Waals surface area contributed by atoms with Gasteiger partial charge in [0.1, 0.15) is 0 Å². The minimum Gasteiger partial charge on any atom is -0.337 e. The summed E-state index contributed by atoms with van der Waals surface area (Å²) < 4.78 is 27.4. The van der Waals surface area contributed by atoms with Crippen LogP contribution in [0.2, 0.25) is 0 Å². The molecule has 0 fully saturated rings. The predicted molar refractivity (Wildman–Crippen MR) is 109 cm³/mol. The Hall–Kier alpha value is -2.64. The number of rotatable bonds is 6. The van der Waals surface area contributed by atoms with Gasteiger partial charge in [0.05, 0.1) is 11.4 Å². The smallest absolute Gasteiger partial charge is 0.261 e. The molecule has 0 radical (unpaired) electrons. The summed E-state index contributed by atoms with van der Waals surface area (Å²) in [6.45, 7) is 2.44. The van der Waals surface area contributed by atoms with Crippen molar-refractivity contribution in [2.75, 3.05) is 11.8 Å². The molecule has 0 atom stereocenters. The number of amides is 1. The zero-order chi connectivity index (χ0) is 19.4. The summed E-state index contributed by atoms with van der Waals surface area (Å²) in [6.07, 6.45) is 0. The van der Waals surface area contributed by atoms with Gasteiger partial charge in [0, 0.05) is 23.2 Å². The minimum atomic E-state index is -3.66. The average Bonchev–Trinajstić information content (AvgIpc) is 3.15. The molecule has 27 heavy (non-hydrogen) atoms. The fourth-order valence-corrected chi connectivity index (χ4v) is 4.36. The summed E-state index contributed by atoms with van der Waals surface area (Å²) in [5, 5.41) is 1.97. The van der Waals surface area contributed by atoms with Crippen LogP contribution in [-0.4, -0.2) is 26.3 Å². The molecule has 5 nitrogen and oxygen atoms in total. The normalized spacial score (nSPS) is 11.2. The Morgan fingerprint density at radius 1 is 1.04 bits per heavy atom. The van der Waals surface area contributed by atoms with Gasteiger partial charge in [0.2, 0.25) is 0 Å². The number of carbonyl (C=O) groups excluding carboxylic acids is 1. The van der Waals surface area contributed by atoms with Crippen LogP contribution in [0.15, 0.2) is 70.9 Å². The number of hydrogen-bond acceptors (Lipinski definition) is 4. The third kappa shape index (κ3) is 4.75. The first-order chi connectivity index (χ1) is 12.8. The van der Waals surface area contributed by atoms with Gasteiger partial charge in [-0.1, -0.05) is 23.8 Å². The van der Waals surface area contributed by atoms with E-state index in [2.05, 4.69) is 4.72 Å². The molecule has 140 valence electrons. The van der Waals surface area contributed by atoms with E-state index in [-0.39, 0.29) is 10.8 Å². The SMILES string of the molecule is Cc1ccc(S(=O)(=O)Nc2ccc(C(=O)N(C)Cc3cccs3)cc2)cc1. The molecule has 1 heterocycles. The predicted octanol–water partition coefficient (Wildman–Crippen LogP) is 4.13. The lowest BCUT2D eigenvalue weighted by molar-refractivity contribution is 0.0786. The quantitative estimate of drug-likeness (QED) is 0.677. The van der Waals surface area contributed by atoms with Crippen LogP contribution in [-0.2, 0) is 16.6 Å². The van der Waals surface area contributed by atoms with Crippen LogP contribution >= 0.6 is 11.3 Å². The van der Waals surface area contributed by atoms with Crippen LogP contribution in [0.25, 0.3) is 0 Å². The maximum Gasteiger partial charge on any atom is 0.261 e. The van der Waals surface area contributed by atoms with Gasteiger partial charge in [-0.25, -0.2) is 8.42 Å².